The highest BCUT2D eigenvalue weighted by molar-refractivity contribution is 6.02. The van der Waals surface area contributed by atoms with Crippen molar-refractivity contribution in [2.45, 2.75) is 39.5 Å². The molecule has 194 valence electrons. The zero-order chi connectivity index (χ0) is 25.0. The Kier molecular flexibility index (Phi) is 16.6. The maximum absolute atomic E-state index is 12.9. The first-order chi connectivity index (χ1) is 16.6. The SMILES string of the molecule is CCCNc1nc(C(=O)NCCOCCOC)c(NCCC)nc1C(=O)CCCOCCOC. The number of carbonyl (C=O) groups excluding carboxylic acids is 2. The minimum atomic E-state index is -0.383. The van der Waals surface area contributed by atoms with Crippen molar-refractivity contribution < 1.29 is 28.5 Å². The second-order valence-electron chi connectivity index (χ2n) is 7.46. The van der Waals surface area contributed by atoms with Crippen molar-refractivity contribution in [2.75, 3.05) is 84.1 Å². The second kappa shape index (κ2) is 19.0. The average molecular weight is 484 g/mol. The Morgan fingerprint density at radius 2 is 1.29 bits per heavy atom. The number of ether oxygens (including phenoxy) is 4. The summed E-state index contributed by atoms with van der Waals surface area (Å²) in [6, 6.07) is 0. The maximum atomic E-state index is 12.9. The molecule has 0 atom stereocenters. The molecule has 0 radical (unpaired) electrons. The van der Waals surface area contributed by atoms with E-state index in [-0.39, 0.29) is 29.5 Å². The molecular formula is C23H41N5O6. The fourth-order valence-electron chi connectivity index (χ4n) is 2.78. The van der Waals surface area contributed by atoms with Crippen LogP contribution in [-0.4, -0.2) is 95.2 Å². The van der Waals surface area contributed by atoms with Crippen LogP contribution in [0.3, 0.4) is 0 Å². The summed E-state index contributed by atoms with van der Waals surface area (Å²) in [4.78, 5) is 34.8. The summed E-state index contributed by atoms with van der Waals surface area (Å²) in [6.07, 6.45) is 2.48. The summed E-state index contributed by atoms with van der Waals surface area (Å²) in [5.41, 5.74) is 0.367. The van der Waals surface area contributed by atoms with Crippen molar-refractivity contribution in [1.82, 2.24) is 15.3 Å². The Bertz CT molecular complexity index is 660. The lowest BCUT2D eigenvalue weighted by molar-refractivity contribution is 0.0669. The molecule has 34 heavy (non-hydrogen) atoms. The van der Waals surface area contributed by atoms with Crippen LogP contribution in [0.2, 0.25) is 0 Å². The highest BCUT2D eigenvalue weighted by Crippen LogP contribution is 2.20. The van der Waals surface area contributed by atoms with Crippen LogP contribution in [-0.2, 0) is 18.9 Å². The van der Waals surface area contributed by atoms with Gasteiger partial charge in [0.15, 0.2) is 28.8 Å². The Labute approximate surface area is 202 Å². The van der Waals surface area contributed by atoms with E-state index in [0.29, 0.717) is 77.3 Å². The molecule has 1 aromatic rings. The minimum absolute atomic E-state index is 0.142. The molecule has 1 rings (SSSR count). The lowest BCUT2D eigenvalue weighted by atomic mass is 10.1. The summed E-state index contributed by atoms with van der Waals surface area (Å²) in [5, 5.41) is 9.07. The zero-order valence-corrected chi connectivity index (χ0v) is 21.0. The fourth-order valence-corrected chi connectivity index (χ4v) is 2.78. The molecule has 0 aliphatic rings. The molecule has 0 aliphatic heterocycles. The number of hydrogen-bond donors (Lipinski definition) is 3. The van der Waals surface area contributed by atoms with Crippen molar-refractivity contribution in [3.8, 4) is 0 Å². The third-order valence-electron chi connectivity index (χ3n) is 4.55. The van der Waals surface area contributed by atoms with E-state index in [9.17, 15) is 9.59 Å². The normalized spacial score (nSPS) is 10.8. The summed E-state index contributed by atoms with van der Waals surface area (Å²) < 4.78 is 20.7. The predicted molar refractivity (Wildman–Crippen MR) is 131 cm³/mol. The summed E-state index contributed by atoms with van der Waals surface area (Å²) in [6.45, 7) is 8.28. The van der Waals surface area contributed by atoms with Gasteiger partial charge in [0.2, 0.25) is 0 Å². The fraction of sp³-hybridized carbons (Fsp3) is 0.739. The van der Waals surface area contributed by atoms with Crippen molar-refractivity contribution in [2.24, 2.45) is 0 Å². The van der Waals surface area contributed by atoms with E-state index >= 15 is 0 Å². The van der Waals surface area contributed by atoms with Gasteiger partial charge in [0, 0.05) is 46.9 Å². The Hall–Kier alpha value is -2.34. The van der Waals surface area contributed by atoms with Crippen LogP contribution in [0.4, 0.5) is 11.6 Å². The van der Waals surface area contributed by atoms with Gasteiger partial charge in [0.1, 0.15) is 0 Å². The van der Waals surface area contributed by atoms with Gasteiger partial charge in [-0.25, -0.2) is 9.97 Å². The molecule has 0 unspecified atom stereocenters. The van der Waals surface area contributed by atoms with Gasteiger partial charge < -0.3 is 34.9 Å². The summed E-state index contributed by atoms with van der Waals surface area (Å²) in [7, 11) is 3.21. The first-order valence-corrected chi connectivity index (χ1v) is 11.9. The molecule has 0 saturated carbocycles. The monoisotopic (exact) mass is 483 g/mol. The predicted octanol–water partition coefficient (Wildman–Crippen LogP) is 2.14. The number of rotatable bonds is 21. The number of nitrogens with one attached hydrogen (secondary N) is 3. The molecule has 0 bridgehead atoms. The van der Waals surface area contributed by atoms with Gasteiger partial charge in [-0.3, -0.25) is 9.59 Å². The topological polar surface area (TPSA) is 133 Å². The molecule has 0 aliphatic carbocycles. The molecule has 11 nitrogen and oxygen atoms in total. The first kappa shape index (κ1) is 29.7. The number of amides is 1. The molecule has 0 fully saturated rings. The summed E-state index contributed by atoms with van der Waals surface area (Å²) >= 11 is 0. The number of aromatic nitrogens is 2. The number of anilines is 2. The van der Waals surface area contributed by atoms with Crippen molar-refractivity contribution in [3.05, 3.63) is 11.4 Å². The second-order valence-corrected chi connectivity index (χ2v) is 7.46. The van der Waals surface area contributed by atoms with Gasteiger partial charge in [-0.05, 0) is 19.3 Å². The van der Waals surface area contributed by atoms with Crippen molar-refractivity contribution in [3.63, 3.8) is 0 Å². The van der Waals surface area contributed by atoms with Crippen molar-refractivity contribution >= 4 is 23.3 Å². The van der Waals surface area contributed by atoms with Crippen LogP contribution in [0.15, 0.2) is 0 Å². The lowest BCUT2D eigenvalue weighted by Gasteiger charge is -2.16. The zero-order valence-electron chi connectivity index (χ0n) is 21.0. The van der Waals surface area contributed by atoms with Gasteiger partial charge in [0.05, 0.1) is 33.0 Å². The third-order valence-corrected chi connectivity index (χ3v) is 4.55. The molecule has 0 spiro atoms. The van der Waals surface area contributed by atoms with E-state index in [0.717, 1.165) is 12.8 Å². The molecule has 0 saturated heterocycles. The molecule has 11 heteroatoms. The van der Waals surface area contributed by atoms with E-state index < -0.39 is 0 Å². The van der Waals surface area contributed by atoms with E-state index in [2.05, 4.69) is 25.9 Å². The lowest BCUT2D eigenvalue weighted by Crippen LogP contribution is -2.30. The first-order valence-electron chi connectivity index (χ1n) is 11.9. The highest BCUT2D eigenvalue weighted by atomic mass is 16.5. The number of hydrogen-bond acceptors (Lipinski definition) is 10. The third kappa shape index (κ3) is 11.7. The Balaban J connectivity index is 2.95. The van der Waals surface area contributed by atoms with Gasteiger partial charge in [0.25, 0.3) is 5.91 Å². The van der Waals surface area contributed by atoms with Crippen LogP contribution >= 0.6 is 0 Å². The van der Waals surface area contributed by atoms with Gasteiger partial charge in [-0.1, -0.05) is 13.8 Å². The molecule has 1 heterocycles. The highest BCUT2D eigenvalue weighted by Gasteiger charge is 2.22. The number of methoxy groups -OCH3 is 2. The molecule has 1 aromatic heterocycles. The maximum Gasteiger partial charge on any atom is 0.273 e. The number of ketones is 1. The van der Waals surface area contributed by atoms with E-state index in [1.165, 1.54) is 0 Å². The van der Waals surface area contributed by atoms with Crippen LogP contribution in [0.5, 0.6) is 0 Å². The standard InChI is InChI=1S/C23H41N5O6/c1-5-9-24-21-19(18(29)8-7-12-33-16-14-31-3)27-22(25-10-6-2)20(28-21)23(30)26-11-13-34-17-15-32-4/h5-17H2,1-4H3,(H,24,28)(H,25,27)(H,26,30). The Morgan fingerprint density at radius 1 is 0.735 bits per heavy atom. The van der Waals surface area contributed by atoms with Gasteiger partial charge >= 0.3 is 0 Å². The minimum Gasteiger partial charge on any atom is -0.382 e. The van der Waals surface area contributed by atoms with Crippen LogP contribution < -0.4 is 16.0 Å². The van der Waals surface area contributed by atoms with E-state index in [1.54, 1.807) is 14.2 Å². The number of Topliss-reactive ketones (excluding diaryl/α,β-unsaturated/α-hetero) is 1. The van der Waals surface area contributed by atoms with Gasteiger partial charge in [-0.2, -0.15) is 0 Å². The number of carbonyl (C=O) groups is 2. The number of nitrogens with zero attached hydrogens (tertiary/aromatic N) is 2. The van der Waals surface area contributed by atoms with E-state index in [1.807, 2.05) is 13.8 Å². The molecule has 1 amide bonds. The molecule has 0 aromatic carbocycles. The van der Waals surface area contributed by atoms with Gasteiger partial charge in [-0.15, -0.1) is 0 Å². The van der Waals surface area contributed by atoms with Crippen LogP contribution in [0.25, 0.3) is 0 Å². The van der Waals surface area contributed by atoms with Crippen LogP contribution in [0.1, 0.15) is 60.5 Å². The molecule has 3 N–H and O–H groups in total. The molecular weight excluding hydrogens is 442 g/mol. The quantitative estimate of drug-likeness (QED) is 0.176. The van der Waals surface area contributed by atoms with Crippen molar-refractivity contribution in [1.29, 1.82) is 0 Å². The largest absolute Gasteiger partial charge is 0.382 e. The Morgan fingerprint density at radius 3 is 1.88 bits per heavy atom. The smallest absolute Gasteiger partial charge is 0.273 e. The average Bonchev–Trinajstić information content (AvgIpc) is 2.85. The van der Waals surface area contributed by atoms with Crippen LogP contribution in [0, 0.1) is 0 Å². The summed E-state index contributed by atoms with van der Waals surface area (Å²) in [5.74, 6) is 0.0723. The van der Waals surface area contributed by atoms with E-state index in [4.69, 9.17) is 18.9 Å².